The summed E-state index contributed by atoms with van der Waals surface area (Å²) in [6.07, 6.45) is 3.58. The number of aryl methyl sites for hydroxylation is 1. The van der Waals surface area contributed by atoms with Gasteiger partial charge in [0.05, 0.1) is 5.69 Å². The van der Waals surface area contributed by atoms with E-state index >= 15 is 0 Å². The Morgan fingerprint density at radius 1 is 1.13 bits per heavy atom. The maximum Gasteiger partial charge on any atom is 0.225 e. The molecule has 0 unspecified atom stereocenters. The van der Waals surface area contributed by atoms with Crippen LogP contribution in [0.15, 0.2) is 36.4 Å². The zero-order valence-electron chi connectivity index (χ0n) is 14.7. The second kappa shape index (κ2) is 8.63. The van der Waals surface area contributed by atoms with Gasteiger partial charge in [0.2, 0.25) is 5.95 Å². The van der Waals surface area contributed by atoms with Gasteiger partial charge in [-0.25, -0.2) is 9.97 Å². The molecule has 0 aliphatic heterocycles. The van der Waals surface area contributed by atoms with Crippen molar-refractivity contribution in [2.75, 3.05) is 19.0 Å². The molecule has 1 atom stereocenters. The van der Waals surface area contributed by atoms with Crippen LogP contribution in [-0.4, -0.2) is 24.1 Å². The summed E-state index contributed by atoms with van der Waals surface area (Å²) in [5, 5.41) is 3.67. The van der Waals surface area contributed by atoms with E-state index in [4.69, 9.17) is 0 Å². The van der Waals surface area contributed by atoms with Crippen LogP contribution in [0.5, 0.6) is 0 Å². The first-order valence-electron chi connectivity index (χ1n) is 8.40. The van der Waals surface area contributed by atoms with Crippen LogP contribution in [0.3, 0.4) is 0 Å². The highest BCUT2D eigenvalue weighted by atomic mass is 15.2. The van der Waals surface area contributed by atoms with E-state index in [9.17, 15) is 0 Å². The van der Waals surface area contributed by atoms with Gasteiger partial charge in [-0.15, -0.1) is 0 Å². The molecule has 124 valence electrons. The predicted octanol–water partition coefficient (Wildman–Crippen LogP) is 3.87. The van der Waals surface area contributed by atoms with Crippen LogP contribution in [0.25, 0.3) is 0 Å². The van der Waals surface area contributed by atoms with E-state index in [-0.39, 0.29) is 0 Å². The first-order valence-corrected chi connectivity index (χ1v) is 8.40. The fraction of sp³-hybridized carbons (Fsp3) is 0.474. The van der Waals surface area contributed by atoms with Gasteiger partial charge in [-0.3, -0.25) is 0 Å². The van der Waals surface area contributed by atoms with Gasteiger partial charge in [0.25, 0.3) is 0 Å². The zero-order valence-corrected chi connectivity index (χ0v) is 14.7. The topological polar surface area (TPSA) is 41.1 Å². The first kappa shape index (κ1) is 17.4. The van der Waals surface area contributed by atoms with Crippen LogP contribution in [0.4, 0.5) is 5.95 Å². The van der Waals surface area contributed by atoms with Gasteiger partial charge in [0, 0.05) is 32.4 Å². The molecule has 0 aliphatic carbocycles. The van der Waals surface area contributed by atoms with Gasteiger partial charge < -0.3 is 10.2 Å². The number of hydrogen-bond acceptors (Lipinski definition) is 4. The summed E-state index contributed by atoms with van der Waals surface area (Å²) in [6.45, 7) is 5.01. The normalized spacial score (nSPS) is 12.2. The molecule has 0 spiro atoms. The second-order valence-electron chi connectivity index (χ2n) is 6.18. The van der Waals surface area contributed by atoms with Crippen LogP contribution in [0.2, 0.25) is 0 Å². The number of nitrogens with zero attached hydrogens (tertiary/aromatic N) is 3. The van der Waals surface area contributed by atoms with Crippen molar-refractivity contribution in [3.63, 3.8) is 0 Å². The van der Waals surface area contributed by atoms with E-state index in [2.05, 4.69) is 58.6 Å². The highest BCUT2D eigenvalue weighted by Gasteiger charge is 2.11. The molecule has 0 aliphatic rings. The van der Waals surface area contributed by atoms with Crippen molar-refractivity contribution >= 4 is 5.95 Å². The average molecular weight is 312 g/mol. The highest BCUT2D eigenvalue weighted by molar-refractivity contribution is 5.30. The minimum atomic E-state index is 0.370. The molecule has 4 heteroatoms. The summed E-state index contributed by atoms with van der Waals surface area (Å²) < 4.78 is 0. The number of hydrogen-bond donors (Lipinski definition) is 1. The largest absolute Gasteiger partial charge is 0.347 e. The lowest BCUT2D eigenvalue weighted by Crippen LogP contribution is -2.22. The van der Waals surface area contributed by atoms with Crippen molar-refractivity contribution in [1.29, 1.82) is 0 Å². The zero-order chi connectivity index (χ0) is 16.7. The number of aromatic nitrogens is 2. The second-order valence-corrected chi connectivity index (χ2v) is 6.18. The maximum atomic E-state index is 4.63. The van der Waals surface area contributed by atoms with Crippen molar-refractivity contribution in [2.45, 2.75) is 45.7 Å². The molecule has 2 rings (SSSR count). The van der Waals surface area contributed by atoms with Crippen LogP contribution >= 0.6 is 0 Å². The lowest BCUT2D eigenvalue weighted by atomic mass is 10.0. The van der Waals surface area contributed by atoms with E-state index < -0.39 is 0 Å². The van der Waals surface area contributed by atoms with E-state index in [1.54, 1.807) is 0 Å². The standard InChI is InChI=1S/C19H28N4/c1-5-6-12-18(16-10-8-7-9-11-16)20-14-17-13-15(2)21-19(22-17)23(3)4/h7-11,13,18,20H,5-6,12,14H2,1-4H3/t18-/m1/s1. The van der Waals surface area contributed by atoms with E-state index in [0.717, 1.165) is 30.3 Å². The van der Waals surface area contributed by atoms with Crippen LogP contribution in [0.1, 0.15) is 49.2 Å². The third kappa shape index (κ3) is 5.32. The Bertz CT molecular complexity index is 596. The average Bonchev–Trinajstić information content (AvgIpc) is 2.55. The van der Waals surface area contributed by atoms with Gasteiger partial charge in [-0.2, -0.15) is 0 Å². The summed E-state index contributed by atoms with van der Waals surface area (Å²) in [4.78, 5) is 11.0. The summed E-state index contributed by atoms with van der Waals surface area (Å²) in [5.41, 5.74) is 3.39. The molecular formula is C19H28N4. The summed E-state index contributed by atoms with van der Waals surface area (Å²) in [6, 6.07) is 13.1. The lowest BCUT2D eigenvalue weighted by molar-refractivity contribution is 0.477. The lowest BCUT2D eigenvalue weighted by Gasteiger charge is -2.19. The Morgan fingerprint density at radius 3 is 2.52 bits per heavy atom. The van der Waals surface area contributed by atoms with Crippen LogP contribution in [0, 0.1) is 6.92 Å². The van der Waals surface area contributed by atoms with Gasteiger partial charge in [-0.1, -0.05) is 50.1 Å². The van der Waals surface area contributed by atoms with Crippen molar-refractivity contribution < 1.29 is 0 Å². The molecule has 0 saturated heterocycles. The Balaban J connectivity index is 2.09. The molecule has 23 heavy (non-hydrogen) atoms. The number of rotatable bonds is 8. The number of nitrogens with one attached hydrogen (secondary N) is 1. The van der Waals surface area contributed by atoms with E-state index in [0.29, 0.717) is 6.04 Å². The molecule has 2 aromatic rings. The number of unbranched alkanes of at least 4 members (excludes halogenated alkanes) is 1. The SMILES string of the molecule is CCCC[C@@H](NCc1cc(C)nc(N(C)C)n1)c1ccccc1. The Hall–Kier alpha value is -1.94. The summed E-state index contributed by atoms with van der Waals surface area (Å²) >= 11 is 0. The molecule has 0 bridgehead atoms. The molecule has 1 heterocycles. The summed E-state index contributed by atoms with van der Waals surface area (Å²) in [7, 11) is 3.94. The smallest absolute Gasteiger partial charge is 0.225 e. The minimum absolute atomic E-state index is 0.370. The van der Waals surface area contributed by atoms with Gasteiger partial charge in [0.1, 0.15) is 0 Å². The minimum Gasteiger partial charge on any atom is -0.347 e. The molecule has 1 N–H and O–H groups in total. The number of anilines is 1. The van der Waals surface area contributed by atoms with Crippen LogP contribution < -0.4 is 10.2 Å². The Morgan fingerprint density at radius 2 is 1.87 bits per heavy atom. The molecule has 1 aromatic carbocycles. The fourth-order valence-electron chi connectivity index (χ4n) is 2.62. The molecule has 1 aromatic heterocycles. The van der Waals surface area contributed by atoms with Crippen LogP contribution in [-0.2, 0) is 6.54 Å². The molecule has 0 saturated carbocycles. The monoisotopic (exact) mass is 312 g/mol. The van der Waals surface area contributed by atoms with E-state index in [1.165, 1.54) is 18.4 Å². The van der Waals surface area contributed by atoms with Gasteiger partial charge in [0.15, 0.2) is 0 Å². The molecule has 4 nitrogen and oxygen atoms in total. The molecule has 0 fully saturated rings. The third-order valence-electron chi connectivity index (χ3n) is 3.87. The predicted molar refractivity (Wildman–Crippen MR) is 96.6 cm³/mol. The Kier molecular flexibility index (Phi) is 6.53. The third-order valence-corrected chi connectivity index (χ3v) is 3.87. The molecule has 0 amide bonds. The van der Waals surface area contributed by atoms with Crippen molar-refractivity contribution in [1.82, 2.24) is 15.3 Å². The molecule has 0 radical (unpaired) electrons. The fourth-order valence-corrected chi connectivity index (χ4v) is 2.62. The van der Waals surface area contributed by atoms with Gasteiger partial charge in [-0.05, 0) is 25.0 Å². The Labute approximate surface area is 140 Å². The quantitative estimate of drug-likeness (QED) is 0.803. The molecular weight excluding hydrogens is 284 g/mol. The first-order chi connectivity index (χ1) is 11.1. The summed E-state index contributed by atoms with van der Waals surface area (Å²) in [5.74, 6) is 0.770. The highest BCUT2D eigenvalue weighted by Crippen LogP contribution is 2.20. The van der Waals surface area contributed by atoms with Gasteiger partial charge >= 0.3 is 0 Å². The van der Waals surface area contributed by atoms with Crippen molar-refractivity contribution in [3.8, 4) is 0 Å². The van der Waals surface area contributed by atoms with Crippen molar-refractivity contribution in [3.05, 3.63) is 53.3 Å². The van der Waals surface area contributed by atoms with E-state index in [1.807, 2.05) is 25.9 Å². The van der Waals surface area contributed by atoms with Crippen molar-refractivity contribution in [2.24, 2.45) is 0 Å². The number of benzene rings is 1. The maximum absolute atomic E-state index is 4.63.